The number of hydrogen-bond acceptors (Lipinski definition) is 4. The van der Waals surface area contributed by atoms with E-state index >= 15 is 0 Å². The van der Waals surface area contributed by atoms with Crippen LogP contribution in [0.1, 0.15) is 23.9 Å². The summed E-state index contributed by atoms with van der Waals surface area (Å²) in [6, 6.07) is 2.01. The van der Waals surface area contributed by atoms with E-state index in [1.165, 1.54) is 0 Å². The summed E-state index contributed by atoms with van der Waals surface area (Å²) in [5.74, 6) is 1.09. The number of imidazole rings is 1. The quantitative estimate of drug-likeness (QED) is 0.762. The number of rotatable bonds is 2. The Balaban J connectivity index is 2.80. The second-order valence-corrected chi connectivity index (χ2v) is 3.45. The van der Waals surface area contributed by atoms with Gasteiger partial charge in [0.25, 0.3) is 0 Å². The maximum absolute atomic E-state index is 8.80. The molecule has 2 aromatic rings. The number of aryl methyl sites for hydroxylation is 1. The first-order valence-corrected chi connectivity index (χ1v) is 5.04. The van der Waals surface area contributed by atoms with Crippen molar-refractivity contribution >= 4 is 5.78 Å². The summed E-state index contributed by atoms with van der Waals surface area (Å²) in [5.41, 5.74) is 2.42. The Morgan fingerprint density at radius 1 is 1.50 bits per heavy atom. The van der Waals surface area contributed by atoms with E-state index in [-0.39, 0.29) is 0 Å². The molecule has 0 fully saturated rings. The van der Waals surface area contributed by atoms with Gasteiger partial charge in [-0.2, -0.15) is 15.2 Å². The molecule has 2 rings (SSSR count). The van der Waals surface area contributed by atoms with Crippen LogP contribution in [0.3, 0.4) is 0 Å². The van der Waals surface area contributed by atoms with Crippen LogP contribution in [0, 0.1) is 18.3 Å². The lowest BCUT2D eigenvalue weighted by Crippen LogP contribution is -2.03. The van der Waals surface area contributed by atoms with E-state index < -0.39 is 0 Å². The van der Waals surface area contributed by atoms with Crippen LogP contribution in [-0.4, -0.2) is 21.5 Å². The highest BCUT2D eigenvalue weighted by Crippen LogP contribution is 2.21. The zero-order valence-corrected chi connectivity index (χ0v) is 9.48. The highest BCUT2D eigenvalue weighted by Gasteiger charge is 2.13. The molecule has 0 saturated carbocycles. The minimum absolute atomic E-state index is 0.367. The molecule has 0 unspecified atom stereocenters. The summed E-state index contributed by atoms with van der Waals surface area (Å²) in [4.78, 5) is 8.36. The van der Waals surface area contributed by atoms with Crippen molar-refractivity contribution in [3.63, 3.8) is 0 Å². The molecule has 0 aliphatic rings. The van der Waals surface area contributed by atoms with Gasteiger partial charge in [0.2, 0.25) is 11.7 Å². The standard InChI is InChI=1S/C11H12N4O/c1-4-9-7(2)15-6-8(5-12)13-11(15)14-10(9)16-3/h6H,4H2,1-3H3. The van der Waals surface area contributed by atoms with Gasteiger partial charge in [-0.15, -0.1) is 0 Å². The number of nitriles is 1. The van der Waals surface area contributed by atoms with Gasteiger partial charge in [-0.3, -0.25) is 4.40 Å². The first kappa shape index (κ1) is 10.4. The first-order valence-electron chi connectivity index (χ1n) is 5.04. The topological polar surface area (TPSA) is 63.2 Å². The summed E-state index contributed by atoms with van der Waals surface area (Å²) in [7, 11) is 1.59. The van der Waals surface area contributed by atoms with E-state index in [1.807, 2.05) is 24.3 Å². The van der Waals surface area contributed by atoms with E-state index in [9.17, 15) is 0 Å². The van der Waals surface area contributed by atoms with Crippen molar-refractivity contribution in [2.24, 2.45) is 0 Å². The van der Waals surface area contributed by atoms with Crippen LogP contribution in [0.15, 0.2) is 6.20 Å². The van der Waals surface area contributed by atoms with Gasteiger partial charge in [-0.1, -0.05) is 6.92 Å². The van der Waals surface area contributed by atoms with Gasteiger partial charge < -0.3 is 4.74 Å². The molecule has 0 spiro atoms. The summed E-state index contributed by atoms with van der Waals surface area (Å²) in [5, 5.41) is 8.80. The van der Waals surface area contributed by atoms with Crippen LogP contribution in [0.2, 0.25) is 0 Å². The van der Waals surface area contributed by atoms with Crippen molar-refractivity contribution in [1.29, 1.82) is 5.26 Å². The van der Waals surface area contributed by atoms with E-state index in [1.54, 1.807) is 13.3 Å². The molecular weight excluding hydrogens is 204 g/mol. The highest BCUT2D eigenvalue weighted by atomic mass is 16.5. The zero-order chi connectivity index (χ0) is 11.7. The van der Waals surface area contributed by atoms with E-state index in [4.69, 9.17) is 10.00 Å². The zero-order valence-electron chi connectivity index (χ0n) is 9.48. The fourth-order valence-electron chi connectivity index (χ4n) is 1.78. The molecule has 0 aromatic carbocycles. The molecule has 0 amide bonds. The molecular formula is C11H12N4O. The van der Waals surface area contributed by atoms with Crippen molar-refractivity contribution in [1.82, 2.24) is 14.4 Å². The maximum Gasteiger partial charge on any atom is 0.238 e. The van der Waals surface area contributed by atoms with Gasteiger partial charge in [-0.05, 0) is 13.3 Å². The summed E-state index contributed by atoms with van der Waals surface area (Å²) < 4.78 is 7.04. The van der Waals surface area contributed by atoms with Crippen LogP contribution in [0.25, 0.3) is 5.78 Å². The van der Waals surface area contributed by atoms with E-state index in [0.29, 0.717) is 17.4 Å². The monoisotopic (exact) mass is 216 g/mol. The molecule has 16 heavy (non-hydrogen) atoms. The Morgan fingerprint density at radius 3 is 2.81 bits per heavy atom. The predicted molar refractivity (Wildman–Crippen MR) is 58.4 cm³/mol. The van der Waals surface area contributed by atoms with Crippen molar-refractivity contribution < 1.29 is 4.74 Å². The molecule has 82 valence electrons. The van der Waals surface area contributed by atoms with Gasteiger partial charge in [0, 0.05) is 17.5 Å². The first-order chi connectivity index (χ1) is 7.71. The van der Waals surface area contributed by atoms with Crippen molar-refractivity contribution in [2.75, 3.05) is 7.11 Å². The molecule has 0 bridgehead atoms. The molecule has 5 nitrogen and oxygen atoms in total. The van der Waals surface area contributed by atoms with Crippen LogP contribution in [-0.2, 0) is 6.42 Å². The molecule has 5 heteroatoms. The van der Waals surface area contributed by atoms with Gasteiger partial charge in [0.1, 0.15) is 6.07 Å². The average Bonchev–Trinajstić information content (AvgIpc) is 2.72. The molecule has 0 saturated heterocycles. The lowest BCUT2D eigenvalue weighted by atomic mass is 10.2. The third-order valence-corrected chi connectivity index (χ3v) is 2.61. The average molecular weight is 216 g/mol. The summed E-state index contributed by atoms with van der Waals surface area (Å²) >= 11 is 0. The maximum atomic E-state index is 8.80. The minimum atomic E-state index is 0.367. The van der Waals surface area contributed by atoms with Gasteiger partial charge in [-0.25, -0.2) is 0 Å². The van der Waals surface area contributed by atoms with Crippen molar-refractivity contribution in [3.05, 3.63) is 23.1 Å². The molecule has 0 radical (unpaired) electrons. The molecule has 0 atom stereocenters. The highest BCUT2D eigenvalue weighted by molar-refractivity contribution is 5.44. The molecule has 0 N–H and O–H groups in total. The fraction of sp³-hybridized carbons (Fsp3) is 0.364. The van der Waals surface area contributed by atoms with Gasteiger partial charge in [0.15, 0.2) is 5.69 Å². The van der Waals surface area contributed by atoms with Crippen LogP contribution < -0.4 is 4.74 Å². The summed E-state index contributed by atoms with van der Waals surface area (Å²) in [6.07, 6.45) is 2.52. The van der Waals surface area contributed by atoms with Crippen molar-refractivity contribution in [2.45, 2.75) is 20.3 Å². The second kappa shape index (κ2) is 3.81. The largest absolute Gasteiger partial charge is 0.481 e. The van der Waals surface area contributed by atoms with Crippen LogP contribution >= 0.6 is 0 Å². The van der Waals surface area contributed by atoms with Crippen LogP contribution in [0.5, 0.6) is 5.88 Å². The fourth-order valence-corrected chi connectivity index (χ4v) is 1.78. The third kappa shape index (κ3) is 1.39. The number of aromatic nitrogens is 3. The Labute approximate surface area is 93.3 Å². The number of ether oxygens (including phenoxy) is 1. The predicted octanol–water partition coefficient (Wildman–Crippen LogP) is 1.48. The number of hydrogen-bond donors (Lipinski definition) is 0. The number of methoxy groups -OCH3 is 1. The second-order valence-electron chi connectivity index (χ2n) is 3.45. The Bertz CT molecular complexity index is 580. The smallest absolute Gasteiger partial charge is 0.238 e. The van der Waals surface area contributed by atoms with E-state index in [2.05, 4.69) is 9.97 Å². The molecule has 0 aliphatic carbocycles. The lowest BCUT2D eigenvalue weighted by Gasteiger charge is -2.10. The van der Waals surface area contributed by atoms with Gasteiger partial charge >= 0.3 is 0 Å². The number of fused-ring (bicyclic) bond motifs is 1. The van der Waals surface area contributed by atoms with Gasteiger partial charge in [0.05, 0.1) is 7.11 Å². The van der Waals surface area contributed by atoms with E-state index in [0.717, 1.165) is 17.7 Å². The lowest BCUT2D eigenvalue weighted by molar-refractivity contribution is 0.392. The third-order valence-electron chi connectivity index (χ3n) is 2.61. The summed E-state index contributed by atoms with van der Waals surface area (Å²) in [6.45, 7) is 4.01. The minimum Gasteiger partial charge on any atom is -0.481 e. The Hall–Kier alpha value is -2.09. The molecule has 0 aliphatic heterocycles. The Kier molecular flexibility index (Phi) is 2.49. The number of nitrogens with zero attached hydrogens (tertiary/aromatic N) is 4. The SMILES string of the molecule is CCc1c(OC)nc2nc(C#N)cn2c1C. The normalized spacial score (nSPS) is 10.4. The van der Waals surface area contributed by atoms with Crippen molar-refractivity contribution in [3.8, 4) is 11.9 Å². The van der Waals surface area contributed by atoms with Crippen LogP contribution in [0.4, 0.5) is 0 Å². The molecule has 2 aromatic heterocycles. The molecule has 2 heterocycles. The Morgan fingerprint density at radius 2 is 2.25 bits per heavy atom.